The number of guanidine groups is 1. The van der Waals surface area contributed by atoms with Crippen molar-refractivity contribution in [1.29, 1.82) is 0 Å². The number of alkyl halides is 3. The van der Waals surface area contributed by atoms with Gasteiger partial charge < -0.3 is 15.4 Å². The molecule has 1 saturated heterocycles. The average Bonchev–Trinajstić information content (AvgIpc) is 3.03. The first-order valence-corrected chi connectivity index (χ1v) is 8.84. The highest BCUT2D eigenvalue weighted by Gasteiger charge is 2.34. The second-order valence-corrected chi connectivity index (χ2v) is 6.39. The number of para-hydroxylation sites is 1. The van der Waals surface area contributed by atoms with E-state index < -0.39 is 12.7 Å². The zero-order valence-electron chi connectivity index (χ0n) is 15.7. The Bertz CT molecular complexity index is 598. The van der Waals surface area contributed by atoms with Gasteiger partial charge in [0.2, 0.25) is 0 Å². The molecule has 0 aromatic heterocycles. The summed E-state index contributed by atoms with van der Waals surface area (Å²) in [6.45, 7) is 3.87. The third kappa shape index (κ3) is 8.54. The molecule has 1 aliphatic heterocycles. The second kappa shape index (κ2) is 11.6. The van der Waals surface area contributed by atoms with Crippen LogP contribution in [0.5, 0.6) is 5.75 Å². The van der Waals surface area contributed by atoms with E-state index in [-0.39, 0.29) is 29.9 Å². The maximum atomic E-state index is 12.5. The number of nitrogens with zero attached hydrogens (tertiary/aromatic N) is 2. The number of ether oxygens (including phenoxy) is 1. The predicted octanol–water partition coefficient (Wildman–Crippen LogP) is 3.25. The van der Waals surface area contributed by atoms with Gasteiger partial charge in [0.1, 0.15) is 5.75 Å². The number of methoxy groups -OCH3 is 1. The van der Waals surface area contributed by atoms with Crippen molar-refractivity contribution in [2.75, 3.05) is 39.8 Å². The smallest absolute Gasteiger partial charge is 0.401 e. The summed E-state index contributed by atoms with van der Waals surface area (Å²) >= 11 is 0. The van der Waals surface area contributed by atoms with Gasteiger partial charge in [-0.1, -0.05) is 18.2 Å². The lowest BCUT2D eigenvalue weighted by Gasteiger charge is -2.18. The predicted molar refractivity (Wildman–Crippen MR) is 112 cm³/mol. The monoisotopic (exact) mass is 500 g/mol. The van der Waals surface area contributed by atoms with Crippen LogP contribution < -0.4 is 15.4 Å². The molecule has 1 atom stereocenters. The van der Waals surface area contributed by atoms with E-state index in [1.807, 2.05) is 31.2 Å². The Hall–Kier alpha value is -1.23. The number of rotatable bonds is 7. The van der Waals surface area contributed by atoms with Gasteiger partial charge >= 0.3 is 6.18 Å². The average molecular weight is 500 g/mol. The molecular formula is C18H28F3IN4O. The summed E-state index contributed by atoms with van der Waals surface area (Å²) in [5.41, 5.74) is 0.976. The molecule has 0 saturated carbocycles. The number of hydrogen-bond donors (Lipinski definition) is 2. The lowest BCUT2D eigenvalue weighted by Crippen LogP contribution is -2.40. The zero-order chi connectivity index (χ0) is 19.0. The van der Waals surface area contributed by atoms with Gasteiger partial charge in [0.25, 0.3) is 0 Å². The standard InChI is InChI=1S/C18H27F3N4O.HI/c1-3-22-17(24-11-15-6-4-5-7-16(15)26-2)23-10-14-8-9-25(12-14)13-18(19,20)21;/h4-7,14H,3,8-13H2,1-2H3,(H2,22,23,24);1H. The summed E-state index contributed by atoms with van der Waals surface area (Å²) in [5, 5.41) is 6.41. The van der Waals surface area contributed by atoms with Crippen molar-refractivity contribution in [2.45, 2.75) is 26.1 Å². The van der Waals surface area contributed by atoms with Gasteiger partial charge in [-0.2, -0.15) is 13.2 Å². The van der Waals surface area contributed by atoms with Crippen molar-refractivity contribution in [3.63, 3.8) is 0 Å². The maximum Gasteiger partial charge on any atom is 0.401 e. The molecule has 1 aliphatic rings. The van der Waals surface area contributed by atoms with Crippen LogP contribution in [0.1, 0.15) is 18.9 Å². The topological polar surface area (TPSA) is 48.9 Å². The number of halogens is 4. The first-order valence-electron chi connectivity index (χ1n) is 8.84. The molecule has 2 N–H and O–H groups in total. The van der Waals surface area contributed by atoms with E-state index in [4.69, 9.17) is 4.74 Å². The molecule has 1 unspecified atom stereocenters. The minimum Gasteiger partial charge on any atom is -0.496 e. The molecule has 5 nitrogen and oxygen atoms in total. The fraction of sp³-hybridized carbons (Fsp3) is 0.611. The van der Waals surface area contributed by atoms with E-state index >= 15 is 0 Å². The maximum absolute atomic E-state index is 12.5. The fourth-order valence-electron chi connectivity index (χ4n) is 3.06. The van der Waals surface area contributed by atoms with Gasteiger partial charge in [-0.15, -0.1) is 24.0 Å². The van der Waals surface area contributed by atoms with Crippen molar-refractivity contribution in [1.82, 2.24) is 15.5 Å². The van der Waals surface area contributed by atoms with Gasteiger partial charge in [-0.05, 0) is 31.9 Å². The normalized spacial score (nSPS) is 18.1. The zero-order valence-corrected chi connectivity index (χ0v) is 18.0. The van der Waals surface area contributed by atoms with Gasteiger partial charge in [0, 0.05) is 25.2 Å². The van der Waals surface area contributed by atoms with E-state index in [0.717, 1.165) is 17.7 Å². The molecule has 27 heavy (non-hydrogen) atoms. The quantitative estimate of drug-likeness (QED) is 0.343. The minimum absolute atomic E-state index is 0. The van der Waals surface area contributed by atoms with E-state index in [1.54, 1.807) is 7.11 Å². The molecule has 0 radical (unpaired) electrons. The van der Waals surface area contributed by atoms with Crippen LogP contribution in [0.3, 0.4) is 0 Å². The molecule has 1 heterocycles. The number of likely N-dealkylation sites (tertiary alicyclic amines) is 1. The number of aliphatic imine (C=N–C) groups is 1. The van der Waals surface area contributed by atoms with Gasteiger partial charge in [-0.25, -0.2) is 4.99 Å². The molecule has 0 aliphatic carbocycles. The third-order valence-corrected chi connectivity index (χ3v) is 4.28. The number of nitrogens with one attached hydrogen (secondary N) is 2. The largest absolute Gasteiger partial charge is 0.496 e. The molecule has 9 heteroatoms. The van der Waals surface area contributed by atoms with Crippen LogP contribution in [0.2, 0.25) is 0 Å². The first kappa shape index (κ1) is 23.8. The van der Waals surface area contributed by atoms with Crippen LogP contribution >= 0.6 is 24.0 Å². The Morgan fingerprint density at radius 2 is 2.04 bits per heavy atom. The van der Waals surface area contributed by atoms with Crippen LogP contribution in [0, 0.1) is 5.92 Å². The summed E-state index contributed by atoms with van der Waals surface area (Å²) in [5.74, 6) is 1.63. The number of hydrogen-bond acceptors (Lipinski definition) is 3. The Balaban J connectivity index is 0.00000364. The first-order chi connectivity index (χ1) is 12.4. The van der Waals surface area contributed by atoms with Gasteiger partial charge in [0.15, 0.2) is 5.96 Å². The van der Waals surface area contributed by atoms with Crippen molar-refractivity contribution in [3.05, 3.63) is 29.8 Å². The Morgan fingerprint density at radius 3 is 2.70 bits per heavy atom. The molecule has 0 amide bonds. The highest BCUT2D eigenvalue weighted by molar-refractivity contribution is 14.0. The number of benzene rings is 1. The summed E-state index contributed by atoms with van der Waals surface area (Å²) < 4.78 is 42.8. The molecule has 154 valence electrons. The lowest BCUT2D eigenvalue weighted by atomic mass is 10.1. The van der Waals surface area contributed by atoms with Crippen LogP contribution in [-0.2, 0) is 6.54 Å². The molecule has 0 bridgehead atoms. The lowest BCUT2D eigenvalue weighted by molar-refractivity contribution is -0.143. The molecule has 1 aromatic rings. The van der Waals surface area contributed by atoms with Crippen LogP contribution in [0.15, 0.2) is 29.3 Å². The molecular weight excluding hydrogens is 472 g/mol. The molecule has 0 spiro atoms. The van der Waals surface area contributed by atoms with E-state index in [0.29, 0.717) is 38.7 Å². The van der Waals surface area contributed by atoms with E-state index in [2.05, 4.69) is 15.6 Å². The van der Waals surface area contributed by atoms with Gasteiger partial charge in [0.05, 0.1) is 20.2 Å². The van der Waals surface area contributed by atoms with E-state index in [9.17, 15) is 13.2 Å². The molecule has 1 fully saturated rings. The van der Waals surface area contributed by atoms with Crippen LogP contribution in [0.25, 0.3) is 0 Å². The summed E-state index contributed by atoms with van der Waals surface area (Å²) in [7, 11) is 1.62. The van der Waals surface area contributed by atoms with Crippen molar-refractivity contribution in [3.8, 4) is 5.75 Å². The highest BCUT2D eigenvalue weighted by atomic mass is 127. The van der Waals surface area contributed by atoms with Crippen LogP contribution in [0.4, 0.5) is 13.2 Å². The Kier molecular flexibility index (Phi) is 10.2. The third-order valence-electron chi connectivity index (χ3n) is 4.28. The van der Waals surface area contributed by atoms with Crippen molar-refractivity contribution in [2.24, 2.45) is 10.9 Å². The fourth-order valence-corrected chi connectivity index (χ4v) is 3.06. The Labute approximate surface area is 175 Å². The Morgan fingerprint density at radius 1 is 1.30 bits per heavy atom. The van der Waals surface area contributed by atoms with Gasteiger partial charge in [-0.3, -0.25) is 4.90 Å². The summed E-state index contributed by atoms with van der Waals surface area (Å²) in [6.07, 6.45) is -3.37. The van der Waals surface area contributed by atoms with Crippen molar-refractivity contribution < 1.29 is 17.9 Å². The van der Waals surface area contributed by atoms with Crippen LogP contribution in [-0.4, -0.2) is 56.9 Å². The summed E-state index contributed by atoms with van der Waals surface area (Å²) in [4.78, 5) is 6.02. The summed E-state index contributed by atoms with van der Waals surface area (Å²) in [6, 6.07) is 7.68. The van der Waals surface area contributed by atoms with E-state index in [1.165, 1.54) is 4.90 Å². The highest BCUT2D eigenvalue weighted by Crippen LogP contribution is 2.22. The molecule has 1 aromatic carbocycles. The second-order valence-electron chi connectivity index (χ2n) is 6.39. The van der Waals surface area contributed by atoms with Crippen molar-refractivity contribution >= 4 is 29.9 Å². The minimum atomic E-state index is -4.13. The molecule has 2 rings (SSSR count). The SMILES string of the molecule is CCNC(=NCc1ccccc1OC)NCC1CCN(CC(F)(F)F)C1.I.